The molecule has 3 fully saturated rings. The maximum Gasteiger partial charge on any atom is 0.155 e. The van der Waals surface area contributed by atoms with Crippen molar-refractivity contribution in [3.8, 4) is 0 Å². The Labute approximate surface area is 134 Å². The molecule has 0 spiro atoms. The van der Waals surface area contributed by atoms with Crippen molar-refractivity contribution < 1.29 is 9.90 Å². The second-order valence-corrected chi connectivity index (χ2v) is 8.74. The van der Waals surface area contributed by atoms with Gasteiger partial charge in [0.05, 0.1) is 6.10 Å². The number of carbonyl (C=O) groups excluding carboxylic acids is 1. The molecule has 0 heterocycles. The van der Waals surface area contributed by atoms with E-state index in [1.807, 2.05) is 6.08 Å². The highest BCUT2D eigenvalue weighted by Crippen LogP contribution is 2.65. The summed E-state index contributed by atoms with van der Waals surface area (Å²) in [5.74, 6) is 3.10. The van der Waals surface area contributed by atoms with Gasteiger partial charge in [-0.3, -0.25) is 4.79 Å². The van der Waals surface area contributed by atoms with Gasteiger partial charge in [-0.2, -0.15) is 0 Å². The van der Waals surface area contributed by atoms with Gasteiger partial charge in [-0.15, -0.1) is 0 Å². The van der Waals surface area contributed by atoms with E-state index in [4.69, 9.17) is 0 Å². The molecule has 0 aliphatic heterocycles. The molecule has 1 N–H and O–H groups in total. The van der Waals surface area contributed by atoms with Gasteiger partial charge in [-0.25, -0.2) is 0 Å². The standard InChI is InChI=1S/C20H30O2/c1-3-20-11-9-16-15(17(20)6-7-18(20)22)5-4-13-12-14(21)8-10-19(13,16)2/h8,10,13,15-18,22H,3-7,9,11-12H2,1-2H3/t13-,15+,16-,17-,18-,19-,20-/m0/s1. The first kappa shape index (κ1) is 14.9. The molecular formula is C20H30O2. The van der Waals surface area contributed by atoms with Crippen molar-refractivity contribution in [2.75, 3.05) is 0 Å². The largest absolute Gasteiger partial charge is 0.393 e. The lowest BCUT2D eigenvalue weighted by molar-refractivity contribution is -0.125. The summed E-state index contributed by atoms with van der Waals surface area (Å²) in [5.41, 5.74) is 0.433. The van der Waals surface area contributed by atoms with Crippen molar-refractivity contribution in [1.82, 2.24) is 0 Å². The molecule has 0 saturated heterocycles. The Balaban J connectivity index is 1.68. The lowest BCUT2D eigenvalue weighted by Gasteiger charge is -2.59. The predicted octanol–water partition coefficient (Wildman–Crippen LogP) is 4.13. The summed E-state index contributed by atoms with van der Waals surface area (Å²) in [5, 5.41) is 10.6. The fourth-order valence-electron chi connectivity index (χ4n) is 7.09. The van der Waals surface area contributed by atoms with Gasteiger partial charge in [-0.05, 0) is 85.5 Å². The lowest BCUT2D eigenvalue weighted by Crippen LogP contribution is -2.53. The van der Waals surface area contributed by atoms with E-state index in [1.54, 1.807) is 0 Å². The number of ketones is 1. The third kappa shape index (κ3) is 1.79. The van der Waals surface area contributed by atoms with Gasteiger partial charge in [0.15, 0.2) is 5.78 Å². The summed E-state index contributed by atoms with van der Waals surface area (Å²) < 4.78 is 0. The maximum absolute atomic E-state index is 11.8. The van der Waals surface area contributed by atoms with Gasteiger partial charge in [-0.1, -0.05) is 19.9 Å². The Hall–Kier alpha value is -0.630. The van der Waals surface area contributed by atoms with Gasteiger partial charge in [0.1, 0.15) is 0 Å². The number of hydrogen-bond donors (Lipinski definition) is 1. The van der Waals surface area contributed by atoms with E-state index in [0.29, 0.717) is 11.7 Å². The van der Waals surface area contributed by atoms with Crippen LogP contribution in [-0.4, -0.2) is 17.0 Å². The zero-order chi connectivity index (χ0) is 15.5. The zero-order valence-electron chi connectivity index (χ0n) is 14.1. The molecule has 0 amide bonds. The van der Waals surface area contributed by atoms with Crippen LogP contribution in [0, 0.1) is 34.5 Å². The third-order valence-electron chi connectivity index (χ3n) is 8.37. The normalized spacial score (nSPS) is 53.8. The van der Waals surface area contributed by atoms with E-state index in [0.717, 1.165) is 37.0 Å². The monoisotopic (exact) mass is 302 g/mol. The molecule has 0 bridgehead atoms. The molecule has 2 heteroatoms. The van der Waals surface area contributed by atoms with Crippen LogP contribution in [0.3, 0.4) is 0 Å². The Morgan fingerprint density at radius 3 is 2.77 bits per heavy atom. The van der Waals surface area contributed by atoms with Crippen LogP contribution in [0.1, 0.15) is 65.2 Å². The van der Waals surface area contributed by atoms with Crippen molar-refractivity contribution >= 4 is 5.78 Å². The van der Waals surface area contributed by atoms with Crippen molar-refractivity contribution in [2.24, 2.45) is 34.5 Å². The number of rotatable bonds is 1. The Bertz CT molecular complexity index is 510. The summed E-state index contributed by atoms with van der Waals surface area (Å²) in [7, 11) is 0. The summed E-state index contributed by atoms with van der Waals surface area (Å²) in [6.45, 7) is 4.70. The Morgan fingerprint density at radius 2 is 2.00 bits per heavy atom. The van der Waals surface area contributed by atoms with E-state index >= 15 is 0 Å². The topological polar surface area (TPSA) is 37.3 Å². The van der Waals surface area contributed by atoms with Crippen LogP contribution >= 0.6 is 0 Å². The van der Waals surface area contributed by atoms with E-state index in [-0.39, 0.29) is 16.9 Å². The van der Waals surface area contributed by atoms with Crippen LogP contribution in [-0.2, 0) is 4.79 Å². The summed E-state index contributed by atoms with van der Waals surface area (Å²) in [6.07, 6.45) is 13.1. The first-order valence-corrected chi connectivity index (χ1v) is 9.41. The molecule has 122 valence electrons. The van der Waals surface area contributed by atoms with Gasteiger partial charge < -0.3 is 5.11 Å². The smallest absolute Gasteiger partial charge is 0.155 e. The average molecular weight is 302 g/mol. The minimum absolute atomic E-state index is 0.0718. The van der Waals surface area contributed by atoms with Crippen molar-refractivity contribution in [3.05, 3.63) is 12.2 Å². The number of carbonyl (C=O) groups is 1. The van der Waals surface area contributed by atoms with Gasteiger partial charge in [0.25, 0.3) is 0 Å². The molecule has 4 aliphatic rings. The number of aliphatic hydroxyl groups is 1. The molecule has 7 atom stereocenters. The van der Waals surface area contributed by atoms with Crippen LogP contribution < -0.4 is 0 Å². The molecule has 2 nitrogen and oxygen atoms in total. The van der Waals surface area contributed by atoms with Crippen LogP contribution in [0.2, 0.25) is 0 Å². The molecule has 22 heavy (non-hydrogen) atoms. The minimum Gasteiger partial charge on any atom is -0.393 e. The number of aliphatic hydroxyl groups excluding tert-OH is 1. The molecule has 4 aliphatic carbocycles. The van der Waals surface area contributed by atoms with E-state index in [1.165, 1.54) is 32.1 Å². The summed E-state index contributed by atoms with van der Waals surface area (Å²) in [4.78, 5) is 11.8. The van der Waals surface area contributed by atoms with E-state index in [2.05, 4.69) is 19.9 Å². The second-order valence-electron chi connectivity index (χ2n) is 8.74. The number of allylic oxidation sites excluding steroid dienone is 2. The van der Waals surface area contributed by atoms with Crippen LogP contribution in [0.25, 0.3) is 0 Å². The van der Waals surface area contributed by atoms with Gasteiger partial charge in [0.2, 0.25) is 0 Å². The van der Waals surface area contributed by atoms with E-state index in [9.17, 15) is 9.90 Å². The van der Waals surface area contributed by atoms with Crippen molar-refractivity contribution in [1.29, 1.82) is 0 Å². The maximum atomic E-state index is 11.8. The fourth-order valence-corrected chi connectivity index (χ4v) is 7.09. The van der Waals surface area contributed by atoms with Crippen molar-refractivity contribution in [2.45, 2.75) is 71.3 Å². The highest BCUT2D eigenvalue weighted by molar-refractivity contribution is 5.91. The summed E-state index contributed by atoms with van der Waals surface area (Å²) >= 11 is 0. The third-order valence-corrected chi connectivity index (χ3v) is 8.37. The average Bonchev–Trinajstić information content (AvgIpc) is 2.86. The second kappa shape index (κ2) is 4.93. The predicted molar refractivity (Wildman–Crippen MR) is 87.3 cm³/mol. The Morgan fingerprint density at radius 1 is 1.18 bits per heavy atom. The molecule has 0 radical (unpaired) electrons. The number of fused-ring (bicyclic) bond motifs is 5. The highest BCUT2D eigenvalue weighted by atomic mass is 16.3. The molecule has 0 aromatic heterocycles. The highest BCUT2D eigenvalue weighted by Gasteiger charge is 2.60. The summed E-state index contributed by atoms with van der Waals surface area (Å²) in [6, 6.07) is 0. The van der Waals surface area contributed by atoms with Crippen LogP contribution in [0.15, 0.2) is 12.2 Å². The molecule has 0 unspecified atom stereocenters. The Kier molecular flexibility index (Phi) is 3.35. The number of hydrogen-bond acceptors (Lipinski definition) is 2. The lowest BCUT2D eigenvalue weighted by atomic mass is 9.46. The molecule has 0 aromatic rings. The quantitative estimate of drug-likeness (QED) is 0.791. The van der Waals surface area contributed by atoms with E-state index < -0.39 is 0 Å². The van der Waals surface area contributed by atoms with Crippen LogP contribution in [0.4, 0.5) is 0 Å². The van der Waals surface area contributed by atoms with Gasteiger partial charge >= 0.3 is 0 Å². The first-order chi connectivity index (χ1) is 10.5. The molecule has 3 saturated carbocycles. The van der Waals surface area contributed by atoms with Gasteiger partial charge in [0, 0.05) is 6.42 Å². The molecular weight excluding hydrogens is 272 g/mol. The fraction of sp³-hybridized carbons (Fsp3) is 0.850. The first-order valence-electron chi connectivity index (χ1n) is 9.41. The van der Waals surface area contributed by atoms with Crippen molar-refractivity contribution in [3.63, 3.8) is 0 Å². The molecule has 4 rings (SSSR count). The zero-order valence-corrected chi connectivity index (χ0v) is 14.1. The van der Waals surface area contributed by atoms with Crippen LogP contribution in [0.5, 0.6) is 0 Å². The molecule has 0 aromatic carbocycles. The minimum atomic E-state index is -0.0718. The SMILES string of the molecule is CC[C@]12CC[C@H]3[C@@H](CC[C@H]4CC(=O)C=C[C@@]43C)[C@@H]1CC[C@@H]2O.